The number of benzene rings is 1. The molecule has 2 amide bonds. The Hall–Kier alpha value is -3.13. The van der Waals surface area contributed by atoms with E-state index in [1.165, 1.54) is 11.3 Å². The molecule has 0 radical (unpaired) electrons. The number of hydrogen-bond donors (Lipinski definition) is 2. The molecule has 0 fully saturated rings. The molecule has 0 aliphatic carbocycles. The van der Waals surface area contributed by atoms with Crippen molar-refractivity contribution < 1.29 is 14.3 Å². The number of nitrogens with zero attached hydrogens (tertiary/aromatic N) is 2. The summed E-state index contributed by atoms with van der Waals surface area (Å²) in [5.74, 6) is 0.399. The van der Waals surface area contributed by atoms with Gasteiger partial charge in [0, 0.05) is 36.3 Å². The topological polar surface area (TPSA) is 85.3 Å². The first-order chi connectivity index (χ1) is 13.7. The maximum Gasteiger partial charge on any atom is 0.252 e. The van der Waals surface area contributed by atoms with Gasteiger partial charge >= 0.3 is 0 Å². The van der Waals surface area contributed by atoms with Gasteiger partial charge in [-0.15, -0.1) is 0 Å². The Bertz CT molecular complexity index is 879. The van der Waals surface area contributed by atoms with Gasteiger partial charge in [0.25, 0.3) is 5.91 Å². The fraction of sp³-hybridized carbons (Fsp3) is 0.250. The van der Waals surface area contributed by atoms with Crippen LogP contribution in [0, 0.1) is 0 Å². The van der Waals surface area contributed by atoms with Crippen molar-refractivity contribution in [1.82, 2.24) is 14.9 Å². The van der Waals surface area contributed by atoms with Crippen LogP contribution in [0.1, 0.15) is 23.2 Å². The van der Waals surface area contributed by atoms with E-state index in [1.807, 2.05) is 40.4 Å². The highest BCUT2D eigenvalue weighted by Crippen LogP contribution is 2.24. The van der Waals surface area contributed by atoms with E-state index in [4.69, 9.17) is 4.74 Å². The molecule has 0 saturated heterocycles. The van der Waals surface area contributed by atoms with Crippen molar-refractivity contribution in [3.8, 4) is 5.75 Å². The second-order valence-corrected chi connectivity index (χ2v) is 6.84. The summed E-state index contributed by atoms with van der Waals surface area (Å²) in [5.41, 5.74) is 1.29. The molecule has 8 heteroatoms. The van der Waals surface area contributed by atoms with Crippen LogP contribution in [0.2, 0.25) is 0 Å². The van der Waals surface area contributed by atoms with Crippen LogP contribution in [-0.2, 0) is 11.3 Å². The van der Waals surface area contributed by atoms with Crippen molar-refractivity contribution in [2.24, 2.45) is 0 Å². The maximum atomic E-state index is 12.2. The quantitative estimate of drug-likeness (QED) is 0.514. The van der Waals surface area contributed by atoms with E-state index in [-0.39, 0.29) is 11.8 Å². The van der Waals surface area contributed by atoms with Crippen molar-refractivity contribution in [3.63, 3.8) is 0 Å². The zero-order chi connectivity index (χ0) is 19.6. The maximum absolute atomic E-state index is 12.2. The van der Waals surface area contributed by atoms with Crippen molar-refractivity contribution in [1.29, 1.82) is 0 Å². The van der Waals surface area contributed by atoms with Crippen LogP contribution in [-0.4, -0.2) is 34.5 Å². The Morgan fingerprint density at radius 1 is 1.21 bits per heavy atom. The second-order valence-electron chi connectivity index (χ2n) is 6.06. The van der Waals surface area contributed by atoms with Gasteiger partial charge in [-0.1, -0.05) is 12.1 Å². The molecule has 2 N–H and O–H groups in total. The fourth-order valence-corrected chi connectivity index (χ4v) is 3.17. The Labute approximate surface area is 167 Å². The third-order valence-corrected chi connectivity index (χ3v) is 4.66. The first-order valence-electron chi connectivity index (χ1n) is 9.00. The number of carbonyl (C=O) groups is 2. The number of ether oxygens (including phenoxy) is 1. The van der Waals surface area contributed by atoms with Gasteiger partial charge in [-0.25, -0.2) is 4.98 Å². The predicted octanol–water partition coefficient (Wildman–Crippen LogP) is 3.17. The molecule has 3 aromatic rings. The molecule has 0 aliphatic heterocycles. The molecule has 0 atom stereocenters. The molecule has 146 valence electrons. The number of nitrogens with one attached hydrogen (secondary N) is 2. The van der Waals surface area contributed by atoms with Gasteiger partial charge < -0.3 is 19.9 Å². The smallest absolute Gasteiger partial charge is 0.252 e. The molecule has 0 unspecified atom stereocenters. The number of thiophene rings is 1. The lowest BCUT2D eigenvalue weighted by Crippen LogP contribution is -2.25. The van der Waals surface area contributed by atoms with E-state index < -0.39 is 0 Å². The van der Waals surface area contributed by atoms with E-state index in [0.29, 0.717) is 49.5 Å². The minimum absolute atomic E-state index is 0.113. The molecule has 0 aliphatic rings. The molecule has 0 bridgehead atoms. The number of rotatable bonds is 10. The standard InChI is InChI=1S/C20H22N4O3S/c25-19(6-3-8-22-20(26)16-7-13-28-14-16)23-17-4-1-2-5-18(17)27-12-11-24-10-9-21-15-24/h1-2,4-5,7,9-10,13-15H,3,6,8,11-12H2,(H,22,26)(H,23,25). The molecular weight excluding hydrogens is 376 g/mol. The molecule has 0 spiro atoms. The molecule has 2 aromatic heterocycles. The Kier molecular flexibility index (Phi) is 7.20. The van der Waals surface area contributed by atoms with Gasteiger partial charge in [0.05, 0.1) is 18.6 Å². The Balaban J connectivity index is 1.40. The highest BCUT2D eigenvalue weighted by molar-refractivity contribution is 7.08. The summed E-state index contributed by atoms with van der Waals surface area (Å²) in [4.78, 5) is 28.0. The summed E-state index contributed by atoms with van der Waals surface area (Å²) in [7, 11) is 0. The summed E-state index contributed by atoms with van der Waals surface area (Å²) in [6, 6.07) is 9.12. The van der Waals surface area contributed by atoms with Crippen LogP contribution in [0.25, 0.3) is 0 Å². The highest BCUT2D eigenvalue weighted by Gasteiger charge is 2.09. The lowest BCUT2D eigenvalue weighted by Gasteiger charge is -2.13. The number of imidazole rings is 1. The summed E-state index contributed by atoms with van der Waals surface area (Å²) in [6.45, 7) is 1.59. The Morgan fingerprint density at radius 3 is 2.89 bits per heavy atom. The molecule has 1 aromatic carbocycles. The van der Waals surface area contributed by atoms with E-state index in [1.54, 1.807) is 24.0 Å². The molecule has 2 heterocycles. The summed E-state index contributed by atoms with van der Waals surface area (Å²) in [5, 5.41) is 9.34. The molecule has 0 saturated carbocycles. The van der Waals surface area contributed by atoms with Gasteiger partial charge in [-0.2, -0.15) is 11.3 Å². The number of hydrogen-bond acceptors (Lipinski definition) is 5. The van der Waals surface area contributed by atoms with Crippen molar-refractivity contribution >= 4 is 28.8 Å². The molecule has 7 nitrogen and oxygen atoms in total. The zero-order valence-corrected chi connectivity index (χ0v) is 16.2. The number of amides is 2. The predicted molar refractivity (Wildman–Crippen MR) is 109 cm³/mol. The minimum Gasteiger partial charge on any atom is -0.490 e. The van der Waals surface area contributed by atoms with E-state index in [2.05, 4.69) is 15.6 Å². The van der Waals surface area contributed by atoms with Gasteiger partial charge in [-0.05, 0) is 30.0 Å². The van der Waals surface area contributed by atoms with Gasteiger partial charge in [0.2, 0.25) is 5.91 Å². The van der Waals surface area contributed by atoms with Crippen LogP contribution >= 0.6 is 11.3 Å². The third kappa shape index (κ3) is 5.95. The zero-order valence-electron chi connectivity index (χ0n) is 15.3. The number of carbonyl (C=O) groups excluding carboxylic acids is 2. The third-order valence-electron chi connectivity index (χ3n) is 3.98. The SMILES string of the molecule is O=C(CCCNC(=O)c1ccsc1)Nc1ccccc1OCCn1ccnc1. The first kappa shape index (κ1) is 19.6. The normalized spacial score (nSPS) is 10.4. The minimum atomic E-state index is -0.115. The largest absolute Gasteiger partial charge is 0.490 e. The van der Waals surface area contributed by atoms with E-state index >= 15 is 0 Å². The van der Waals surface area contributed by atoms with E-state index in [9.17, 15) is 9.59 Å². The van der Waals surface area contributed by atoms with Gasteiger partial charge in [-0.3, -0.25) is 9.59 Å². The second kappa shape index (κ2) is 10.3. The highest BCUT2D eigenvalue weighted by atomic mass is 32.1. The van der Waals surface area contributed by atoms with Gasteiger partial charge in [0.1, 0.15) is 12.4 Å². The molecule has 3 rings (SSSR count). The number of anilines is 1. The Morgan fingerprint density at radius 2 is 2.11 bits per heavy atom. The monoisotopic (exact) mass is 398 g/mol. The first-order valence-corrected chi connectivity index (χ1v) is 9.94. The molecule has 28 heavy (non-hydrogen) atoms. The lowest BCUT2D eigenvalue weighted by atomic mass is 10.2. The van der Waals surface area contributed by atoms with Crippen LogP contribution in [0.4, 0.5) is 5.69 Å². The van der Waals surface area contributed by atoms with Crippen LogP contribution < -0.4 is 15.4 Å². The fourth-order valence-electron chi connectivity index (χ4n) is 2.54. The molecular formula is C20H22N4O3S. The van der Waals surface area contributed by atoms with Crippen molar-refractivity contribution in [3.05, 3.63) is 65.4 Å². The number of para-hydroxylation sites is 2. The average Bonchev–Trinajstić information content (AvgIpc) is 3.40. The summed E-state index contributed by atoms with van der Waals surface area (Å²) in [6.07, 6.45) is 6.19. The van der Waals surface area contributed by atoms with Gasteiger partial charge in [0.15, 0.2) is 0 Å². The van der Waals surface area contributed by atoms with Crippen LogP contribution in [0.15, 0.2) is 59.8 Å². The van der Waals surface area contributed by atoms with E-state index in [0.717, 1.165) is 0 Å². The summed E-state index contributed by atoms with van der Waals surface area (Å²) < 4.78 is 7.71. The lowest BCUT2D eigenvalue weighted by molar-refractivity contribution is -0.116. The average molecular weight is 398 g/mol. The number of aromatic nitrogens is 2. The van der Waals surface area contributed by atoms with Crippen molar-refractivity contribution in [2.45, 2.75) is 19.4 Å². The van der Waals surface area contributed by atoms with Crippen molar-refractivity contribution in [2.75, 3.05) is 18.5 Å². The summed E-state index contributed by atoms with van der Waals surface area (Å²) >= 11 is 1.48. The van der Waals surface area contributed by atoms with Crippen LogP contribution in [0.5, 0.6) is 5.75 Å². The van der Waals surface area contributed by atoms with Crippen LogP contribution in [0.3, 0.4) is 0 Å².